The van der Waals surface area contributed by atoms with E-state index in [1.807, 2.05) is 38.2 Å². The van der Waals surface area contributed by atoms with E-state index in [1.54, 1.807) is 24.1 Å². The van der Waals surface area contributed by atoms with Gasteiger partial charge in [-0.15, -0.1) is 0 Å². The van der Waals surface area contributed by atoms with Crippen molar-refractivity contribution in [1.29, 1.82) is 0 Å². The number of phenols is 1. The van der Waals surface area contributed by atoms with Crippen molar-refractivity contribution in [3.8, 4) is 5.75 Å². The summed E-state index contributed by atoms with van der Waals surface area (Å²) in [6.07, 6.45) is 0. The predicted molar refractivity (Wildman–Crippen MR) is 91.8 cm³/mol. The number of nitrogens with zero attached hydrogens (tertiary/aromatic N) is 6. The van der Waals surface area contributed by atoms with Crippen LogP contribution in [0.5, 0.6) is 5.75 Å². The number of para-hydroxylation sites is 1. The Bertz CT molecular complexity index is 623. The number of aromatic nitrogens is 3. The van der Waals surface area contributed by atoms with E-state index in [0.29, 0.717) is 24.4 Å². The van der Waals surface area contributed by atoms with Crippen molar-refractivity contribution in [2.75, 3.05) is 42.3 Å². The van der Waals surface area contributed by atoms with E-state index in [-0.39, 0.29) is 5.75 Å². The Morgan fingerprint density at radius 1 is 0.955 bits per heavy atom. The minimum absolute atomic E-state index is 0.253. The molecule has 118 valence electrons. The molecule has 7 nitrogen and oxygen atoms in total. The van der Waals surface area contributed by atoms with Crippen LogP contribution in [0.15, 0.2) is 24.3 Å². The number of anilines is 3. The lowest BCUT2D eigenvalue weighted by molar-refractivity contribution is 0.467. The molecule has 8 heteroatoms. The minimum Gasteiger partial charge on any atom is -0.508 e. The van der Waals surface area contributed by atoms with Crippen molar-refractivity contribution in [2.45, 2.75) is 6.54 Å². The lowest BCUT2D eigenvalue weighted by atomic mass is 10.2. The first-order chi connectivity index (χ1) is 10.4. The van der Waals surface area contributed by atoms with Crippen LogP contribution in [-0.2, 0) is 6.54 Å². The summed E-state index contributed by atoms with van der Waals surface area (Å²) in [5.41, 5.74) is 0.803. The first-order valence-corrected chi connectivity index (χ1v) is 7.12. The lowest BCUT2D eigenvalue weighted by Crippen LogP contribution is -2.23. The summed E-state index contributed by atoms with van der Waals surface area (Å²) < 4.78 is 1.53. The van der Waals surface area contributed by atoms with E-state index in [1.165, 1.54) is 4.31 Å². The number of rotatable bonds is 5. The Balaban J connectivity index is 2.32. The molecule has 1 N–H and O–H groups in total. The monoisotopic (exact) mass is 320 g/mol. The fourth-order valence-electron chi connectivity index (χ4n) is 1.83. The third-order valence-corrected chi connectivity index (χ3v) is 3.21. The number of hydrogen-bond acceptors (Lipinski definition) is 8. The molecule has 2 aromatic rings. The first-order valence-electron chi connectivity index (χ1n) is 6.72. The molecule has 1 heterocycles. The molecular formula is C14H20N6OS. The van der Waals surface area contributed by atoms with E-state index in [4.69, 9.17) is 0 Å². The fraction of sp³-hybridized carbons (Fsp3) is 0.357. The molecule has 0 aliphatic carbocycles. The zero-order valence-corrected chi connectivity index (χ0v) is 14.0. The van der Waals surface area contributed by atoms with Gasteiger partial charge in [-0.3, -0.25) is 4.31 Å². The quantitative estimate of drug-likeness (QED) is 0.810. The number of phenolic OH excluding ortho intramolecular Hbond substituents is 1. The zero-order chi connectivity index (χ0) is 16.3. The van der Waals surface area contributed by atoms with Gasteiger partial charge in [0, 0.05) is 40.3 Å². The lowest BCUT2D eigenvalue weighted by Gasteiger charge is -2.21. The van der Waals surface area contributed by atoms with Gasteiger partial charge in [0.15, 0.2) is 0 Å². The van der Waals surface area contributed by atoms with E-state index in [0.717, 1.165) is 5.56 Å². The summed E-state index contributed by atoms with van der Waals surface area (Å²) in [5.74, 6) is 1.77. The summed E-state index contributed by atoms with van der Waals surface area (Å²) in [5, 5.41) is 9.88. The molecule has 0 fully saturated rings. The van der Waals surface area contributed by atoms with Crippen molar-refractivity contribution in [3.05, 3.63) is 29.8 Å². The molecule has 0 atom stereocenters. The Morgan fingerprint density at radius 3 is 2.14 bits per heavy atom. The molecule has 0 aliphatic heterocycles. The summed E-state index contributed by atoms with van der Waals surface area (Å²) >= 11 is 4.24. The Morgan fingerprint density at radius 2 is 1.55 bits per heavy atom. The summed E-state index contributed by atoms with van der Waals surface area (Å²) in [7, 11) is 7.35. The van der Waals surface area contributed by atoms with Crippen LogP contribution in [0.1, 0.15) is 5.56 Å². The van der Waals surface area contributed by atoms with Crippen LogP contribution in [0, 0.1) is 0 Å². The normalized spacial score (nSPS) is 10.4. The molecule has 0 amide bonds. The van der Waals surface area contributed by atoms with Gasteiger partial charge >= 0.3 is 0 Å². The highest BCUT2D eigenvalue weighted by Crippen LogP contribution is 2.22. The topological polar surface area (TPSA) is 68.6 Å². The van der Waals surface area contributed by atoms with Crippen molar-refractivity contribution in [2.24, 2.45) is 0 Å². The van der Waals surface area contributed by atoms with Gasteiger partial charge in [0.2, 0.25) is 17.8 Å². The smallest absolute Gasteiger partial charge is 0.241 e. The zero-order valence-electron chi connectivity index (χ0n) is 13.1. The molecule has 0 saturated heterocycles. The van der Waals surface area contributed by atoms with Crippen molar-refractivity contribution in [1.82, 2.24) is 15.0 Å². The van der Waals surface area contributed by atoms with Crippen molar-refractivity contribution < 1.29 is 5.11 Å². The Hall–Kier alpha value is -2.22. The number of thiol groups is 1. The molecule has 0 unspecified atom stereocenters. The maximum Gasteiger partial charge on any atom is 0.241 e. The van der Waals surface area contributed by atoms with Gasteiger partial charge in [-0.2, -0.15) is 15.0 Å². The molecule has 1 aromatic carbocycles. The standard InChI is InChI=1S/C14H20N6OS/c1-18(2)12-15-13(17-14(16-12)20(4)22)19(3)9-10-7-5-6-8-11(10)21/h5-8,21-22H,9H2,1-4H3. The van der Waals surface area contributed by atoms with Crippen LogP contribution in [0.25, 0.3) is 0 Å². The second kappa shape index (κ2) is 6.69. The van der Waals surface area contributed by atoms with E-state index in [2.05, 4.69) is 27.8 Å². The SMILES string of the molecule is CN(C)c1nc(N(C)S)nc(N(C)Cc2ccccc2O)n1. The van der Waals surface area contributed by atoms with Crippen molar-refractivity contribution >= 4 is 30.7 Å². The van der Waals surface area contributed by atoms with Crippen LogP contribution in [0.2, 0.25) is 0 Å². The Labute approximate surface area is 135 Å². The fourth-order valence-corrected chi connectivity index (χ4v) is 1.92. The Kier molecular flexibility index (Phi) is 4.92. The molecule has 0 radical (unpaired) electrons. The minimum atomic E-state index is 0.253. The number of benzene rings is 1. The molecule has 2 rings (SSSR count). The average molecular weight is 320 g/mol. The second-order valence-electron chi connectivity index (χ2n) is 5.14. The van der Waals surface area contributed by atoms with Gasteiger partial charge in [-0.25, -0.2) is 0 Å². The van der Waals surface area contributed by atoms with Gasteiger partial charge in [-0.05, 0) is 6.07 Å². The molecular weight excluding hydrogens is 300 g/mol. The second-order valence-corrected chi connectivity index (χ2v) is 5.74. The summed E-state index contributed by atoms with van der Waals surface area (Å²) in [6, 6.07) is 7.20. The molecule has 0 spiro atoms. The average Bonchev–Trinajstić information content (AvgIpc) is 2.49. The highest BCUT2D eigenvalue weighted by molar-refractivity contribution is 7.81. The van der Waals surface area contributed by atoms with Crippen LogP contribution in [-0.4, -0.2) is 48.2 Å². The van der Waals surface area contributed by atoms with Crippen molar-refractivity contribution in [3.63, 3.8) is 0 Å². The van der Waals surface area contributed by atoms with Crippen LogP contribution < -0.4 is 14.1 Å². The summed E-state index contributed by atoms with van der Waals surface area (Å²) in [6.45, 7) is 0.485. The molecule has 0 bridgehead atoms. The molecule has 0 aliphatic rings. The van der Waals surface area contributed by atoms with Crippen LogP contribution >= 0.6 is 12.8 Å². The number of aromatic hydroxyl groups is 1. The van der Waals surface area contributed by atoms with Gasteiger partial charge in [0.05, 0.1) is 0 Å². The van der Waals surface area contributed by atoms with Gasteiger partial charge in [-0.1, -0.05) is 31.0 Å². The van der Waals surface area contributed by atoms with E-state index >= 15 is 0 Å². The summed E-state index contributed by atoms with van der Waals surface area (Å²) in [4.78, 5) is 16.8. The highest BCUT2D eigenvalue weighted by atomic mass is 32.1. The van der Waals surface area contributed by atoms with Crippen LogP contribution in [0.3, 0.4) is 0 Å². The van der Waals surface area contributed by atoms with Crippen LogP contribution in [0.4, 0.5) is 17.8 Å². The molecule has 22 heavy (non-hydrogen) atoms. The third kappa shape index (κ3) is 3.70. The highest BCUT2D eigenvalue weighted by Gasteiger charge is 2.14. The van der Waals surface area contributed by atoms with Gasteiger partial charge < -0.3 is 14.9 Å². The molecule has 1 aromatic heterocycles. The number of hydrogen-bond donors (Lipinski definition) is 2. The maximum absolute atomic E-state index is 9.88. The first kappa shape index (κ1) is 16.2. The predicted octanol–water partition coefficient (Wildman–Crippen LogP) is 1.56. The van der Waals surface area contributed by atoms with Gasteiger partial charge in [0.1, 0.15) is 5.75 Å². The third-order valence-electron chi connectivity index (χ3n) is 3.03. The largest absolute Gasteiger partial charge is 0.508 e. The van der Waals surface area contributed by atoms with E-state index < -0.39 is 0 Å². The van der Waals surface area contributed by atoms with E-state index in [9.17, 15) is 5.11 Å². The van der Waals surface area contributed by atoms with Gasteiger partial charge in [0.25, 0.3) is 0 Å². The maximum atomic E-state index is 9.88. The molecule has 0 saturated carbocycles.